The number of rotatable bonds is 2. The average Bonchev–Trinajstić information content (AvgIpc) is 2.63. The second kappa shape index (κ2) is 4.53. The Labute approximate surface area is 106 Å². The minimum atomic E-state index is -0.225. The maximum absolute atomic E-state index is 13.7. The standard InChI is InChI=1S/C14H18FN3/c1-8-5-14(12(9(2)16)6-13(8)15)18-7-17-10(3)11(18)4/h5-7,9H,16H2,1-4H3/t9-/m0/s1. The van der Waals surface area contributed by atoms with E-state index in [0.717, 1.165) is 22.6 Å². The summed E-state index contributed by atoms with van der Waals surface area (Å²) in [7, 11) is 0. The SMILES string of the molecule is Cc1cc(-n2cnc(C)c2C)c([C@H](C)N)cc1F. The predicted octanol–water partition coefficient (Wildman–Crippen LogP) is 2.96. The van der Waals surface area contributed by atoms with Crippen LogP contribution in [-0.2, 0) is 0 Å². The van der Waals surface area contributed by atoms with Crippen molar-refractivity contribution in [2.45, 2.75) is 33.7 Å². The highest BCUT2D eigenvalue weighted by Gasteiger charge is 2.14. The number of hydrogen-bond donors (Lipinski definition) is 1. The van der Waals surface area contributed by atoms with Crippen LogP contribution >= 0.6 is 0 Å². The number of aromatic nitrogens is 2. The van der Waals surface area contributed by atoms with E-state index in [-0.39, 0.29) is 11.9 Å². The molecule has 0 bridgehead atoms. The van der Waals surface area contributed by atoms with Crippen molar-refractivity contribution in [3.05, 3.63) is 46.8 Å². The zero-order chi connectivity index (χ0) is 13.4. The Balaban J connectivity index is 2.70. The molecule has 0 saturated heterocycles. The second-order valence-electron chi connectivity index (χ2n) is 4.73. The van der Waals surface area contributed by atoms with E-state index >= 15 is 0 Å². The van der Waals surface area contributed by atoms with Gasteiger partial charge in [0.15, 0.2) is 0 Å². The lowest BCUT2D eigenvalue weighted by molar-refractivity contribution is 0.612. The monoisotopic (exact) mass is 247 g/mol. The fraction of sp³-hybridized carbons (Fsp3) is 0.357. The lowest BCUT2D eigenvalue weighted by Gasteiger charge is -2.16. The molecule has 1 aromatic heterocycles. The lowest BCUT2D eigenvalue weighted by atomic mass is 10.0. The predicted molar refractivity (Wildman–Crippen MR) is 70.3 cm³/mol. The number of hydrogen-bond acceptors (Lipinski definition) is 2. The Bertz CT molecular complexity index is 585. The molecule has 0 aliphatic rings. The van der Waals surface area contributed by atoms with Crippen LogP contribution in [0, 0.1) is 26.6 Å². The van der Waals surface area contributed by atoms with Gasteiger partial charge < -0.3 is 10.3 Å². The van der Waals surface area contributed by atoms with Crippen LogP contribution < -0.4 is 5.73 Å². The third-order valence-corrected chi connectivity index (χ3v) is 3.31. The van der Waals surface area contributed by atoms with Gasteiger partial charge in [-0.1, -0.05) is 0 Å². The Morgan fingerprint density at radius 3 is 2.44 bits per heavy atom. The van der Waals surface area contributed by atoms with Gasteiger partial charge in [0.2, 0.25) is 0 Å². The number of nitrogens with zero attached hydrogens (tertiary/aromatic N) is 2. The number of aryl methyl sites for hydroxylation is 2. The van der Waals surface area contributed by atoms with Gasteiger partial charge in [-0.25, -0.2) is 9.37 Å². The normalized spacial score (nSPS) is 12.8. The Morgan fingerprint density at radius 1 is 1.28 bits per heavy atom. The lowest BCUT2D eigenvalue weighted by Crippen LogP contribution is -2.11. The molecule has 0 radical (unpaired) electrons. The van der Waals surface area contributed by atoms with Gasteiger partial charge in [0.05, 0.1) is 17.7 Å². The van der Waals surface area contributed by atoms with E-state index < -0.39 is 0 Å². The first-order valence-corrected chi connectivity index (χ1v) is 5.98. The summed E-state index contributed by atoms with van der Waals surface area (Å²) in [6, 6.07) is 3.11. The summed E-state index contributed by atoms with van der Waals surface area (Å²) in [6.07, 6.45) is 1.75. The summed E-state index contributed by atoms with van der Waals surface area (Å²) in [5, 5.41) is 0. The van der Waals surface area contributed by atoms with Crippen molar-refractivity contribution in [3.8, 4) is 5.69 Å². The quantitative estimate of drug-likeness (QED) is 0.886. The molecule has 0 fully saturated rings. The Hall–Kier alpha value is -1.68. The van der Waals surface area contributed by atoms with Crippen molar-refractivity contribution in [2.75, 3.05) is 0 Å². The van der Waals surface area contributed by atoms with Crippen LogP contribution in [0.25, 0.3) is 5.69 Å². The van der Waals surface area contributed by atoms with Gasteiger partial charge in [-0.2, -0.15) is 0 Å². The molecule has 2 N–H and O–H groups in total. The number of benzene rings is 1. The van der Waals surface area contributed by atoms with Crippen LogP contribution in [0.4, 0.5) is 4.39 Å². The van der Waals surface area contributed by atoms with Gasteiger partial charge in [0.25, 0.3) is 0 Å². The van der Waals surface area contributed by atoms with Crippen LogP contribution in [0.2, 0.25) is 0 Å². The highest BCUT2D eigenvalue weighted by molar-refractivity contribution is 5.47. The van der Waals surface area contributed by atoms with E-state index in [1.165, 1.54) is 6.07 Å². The van der Waals surface area contributed by atoms with Crippen molar-refractivity contribution < 1.29 is 4.39 Å². The van der Waals surface area contributed by atoms with Crippen molar-refractivity contribution in [2.24, 2.45) is 5.73 Å². The van der Waals surface area contributed by atoms with E-state index in [2.05, 4.69) is 4.98 Å². The van der Waals surface area contributed by atoms with E-state index in [4.69, 9.17) is 5.73 Å². The number of halogens is 1. The van der Waals surface area contributed by atoms with Gasteiger partial charge in [0.1, 0.15) is 5.82 Å². The summed E-state index contributed by atoms with van der Waals surface area (Å²) >= 11 is 0. The Morgan fingerprint density at radius 2 is 1.94 bits per heavy atom. The fourth-order valence-electron chi connectivity index (χ4n) is 2.00. The molecule has 2 aromatic rings. The first-order chi connectivity index (χ1) is 8.41. The van der Waals surface area contributed by atoms with Crippen molar-refractivity contribution >= 4 is 0 Å². The van der Waals surface area contributed by atoms with Crippen molar-refractivity contribution in [3.63, 3.8) is 0 Å². The zero-order valence-electron chi connectivity index (χ0n) is 11.2. The fourth-order valence-corrected chi connectivity index (χ4v) is 2.00. The van der Waals surface area contributed by atoms with Crippen molar-refractivity contribution in [1.29, 1.82) is 0 Å². The summed E-state index contributed by atoms with van der Waals surface area (Å²) in [4.78, 5) is 4.27. The summed E-state index contributed by atoms with van der Waals surface area (Å²) in [5.41, 5.74) is 10.2. The van der Waals surface area contributed by atoms with Crippen LogP contribution in [0.1, 0.15) is 35.5 Å². The first-order valence-electron chi connectivity index (χ1n) is 5.98. The number of nitrogens with two attached hydrogens (primary N) is 1. The molecule has 0 aliphatic heterocycles. The maximum atomic E-state index is 13.7. The molecular weight excluding hydrogens is 229 g/mol. The van der Waals surface area contributed by atoms with Gasteiger partial charge >= 0.3 is 0 Å². The molecular formula is C14H18FN3. The van der Waals surface area contributed by atoms with Crippen molar-refractivity contribution in [1.82, 2.24) is 9.55 Å². The second-order valence-corrected chi connectivity index (χ2v) is 4.73. The molecule has 2 rings (SSSR count). The van der Waals surface area contributed by atoms with Crippen LogP contribution in [0.15, 0.2) is 18.5 Å². The van der Waals surface area contributed by atoms with E-state index in [9.17, 15) is 4.39 Å². The number of imidazole rings is 1. The Kier molecular flexibility index (Phi) is 3.22. The smallest absolute Gasteiger partial charge is 0.126 e. The van der Waals surface area contributed by atoms with Gasteiger partial charge in [-0.3, -0.25) is 0 Å². The highest BCUT2D eigenvalue weighted by Crippen LogP contribution is 2.25. The molecule has 4 heteroatoms. The van der Waals surface area contributed by atoms with Crippen LogP contribution in [0.5, 0.6) is 0 Å². The molecule has 0 saturated carbocycles. The van der Waals surface area contributed by atoms with E-state index in [0.29, 0.717) is 5.56 Å². The topological polar surface area (TPSA) is 43.8 Å². The molecule has 1 aromatic carbocycles. The average molecular weight is 247 g/mol. The summed E-state index contributed by atoms with van der Waals surface area (Å²) in [5.74, 6) is -0.222. The van der Waals surface area contributed by atoms with Crippen LogP contribution in [-0.4, -0.2) is 9.55 Å². The summed E-state index contributed by atoms with van der Waals surface area (Å²) in [6.45, 7) is 7.55. The molecule has 1 heterocycles. The molecule has 96 valence electrons. The molecule has 0 spiro atoms. The minimum Gasteiger partial charge on any atom is -0.324 e. The van der Waals surface area contributed by atoms with Gasteiger partial charge in [-0.05, 0) is 51.0 Å². The molecule has 0 unspecified atom stereocenters. The van der Waals surface area contributed by atoms with Crippen LogP contribution in [0.3, 0.4) is 0 Å². The summed E-state index contributed by atoms with van der Waals surface area (Å²) < 4.78 is 15.6. The largest absolute Gasteiger partial charge is 0.324 e. The molecule has 0 aliphatic carbocycles. The van der Waals surface area contributed by atoms with E-state index in [1.54, 1.807) is 13.3 Å². The molecule has 0 amide bonds. The highest BCUT2D eigenvalue weighted by atomic mass is 19.1. The zero-order valence-corrected chi connectivity index (χ0v) is 11.2. The first kappa shape index (κ1) is 12.8. The van der Waals surface area contributed by atoms with Gasteiger partial charge in [0, 0.05) is 11.7 Å². The maximum Gasteiger partial charge on any atom is 0.126 e. The van der Waals surface area contributed by atoms with E-state index in [1.807, 2.05) is 31.4 Å². The minimum absolute atomic E-state index is 0.222. The van der Waals surface area contributed by atoms with Gasteiger partial charge in [-0.15, -0.1) is 0 Å². The third-order valence-electron chi connectivity index (χ3n) is 3.31. The molecule has 1 atom stereocenters. The molecule has 3 nitrogen and oxygen atoms in total. The third kappa shape index (κ3) is 2.04. The molecule has 18 heavy (non-hydrogen) atoms.